The first-order valence-corrected chi connectivity index (χ1v) is 9.91. The molecule has 0 bridgehead atoms. The second-order valence-electron chi connectivity index (χ2n) is 6.04. The number of piperazine rings is 1. The lowest BCUT2D eigenvalue weighted by atomic mass is 10.3. The zero-order valence-electron chi connectivity index (χ0n) is 13.9. The molecule has 0 saturated carbocycles. The molecule has 25 heavy (non-hydrogen) atoms. The quantitative estimate of drug-likeness (QED) is 0.678. The van der Waals surface area contributed by atoms with Gasteiger partial charge in [-0.15, -0.1) is 27.8 Å². The van der Waals surface area contributed by atoms with Gasteiger partial charge in [0, 0.05) is 38.1 Å². The summed E-state index contributed by atoms with van der Waals surface area (Å²) >= 11 is 3.21. The Balaban J connectivity index is 1.33. The number of rotatable bonds is 5. The molecule has 7 nitrogen and oxygen atoms in total. The summed E-state index contributed by atoms with van der Waals surface area (Å²) in [5.74, 6) is 0.00122. The van der Waals surface area contributed by atoms with E-state index < -0.39 is 5.76 Å². The summed E-state index contributed by atoms with van der Waals surface area (Å²) < 4.78 is 6.68. The van der Waals surface area contributed by atoms with Crippen molar-refractivity contribution in [2.75, 3.05) is 26.2 Å². The van der Waals surface area contributed by atoms with Crippen LogP contribution in [-0.4, -0.2) is 50.7 Å². The fourth-order valence-electron chi connectivity index (χ4n) is 2.88. The van der Waals surface area contributed by atoms with Gasteiger partial charge >= 0.3 is 5.76 Å². The Hall–Kier alpha value is -1.81. The third kappa shape index (κ3) is 3.90. The molecule has 3 aromatic heterocycles. The van der Waals surface area contributed by atoms with E-state index in [1.54, 1.807) is 11.3 Å². The third-order valence-electron chi connectivity index (χ3n) is 4.19. The van der Waals surface area contributed by atoms with Gasteiger partial charge in [-0.2, -0.15) is 4.68 Å². The summed E-state index contributed by atoms with van der Waals surface area (Å²) in [4.78, 5) is 22.0. The molecule has 0 amide bonds. The van der Waals surface area contributed by atoms with E-state index >= 15 is 0 Å². The van der Waals surface area contributed by atoms with Crippen molar-refractivity contribution in [3.63, 3.8) is 0 Å². The third-order valence-corrected chi connectivity index (χ3v) is 5.87. The van der Waals surface area contributed by atoms with Crippen molar-refractivity contribution in [2.45, 2.75) is 20.1 Å². The maximum absolute atomic E-state index is 12.0. The van der Waals surface area contributed by atoms with Gasteiger partial charge in [0.05, 0.1) is 15.6 Å². The predicted octanol–water partition coefficient (Wildman–Crippen LogP) is 2.11. The van der Waals surface area contributed by atoms with Crippen LogP contribution in [-0.2, 0) is 13.2 Å². The average molecular weight is 377 g/mol. The molecular formula is C16H19N5O2S2. The molecule has 0 spiro atoms. The molecule has 0 unspecified atom stereocenters. The van der Waals surface area contributed by atoms with Crippen LogP contribution in [0.5, 0.6) is 0 Å². The minimum absolute atomic E-state index is 0.399. The van der Waals surface area contributed by atoms with Gasteiger partial charge in [-0.05, 0) is 18.4 Å². The predicted molar refractivity (Wildman–Crippen MR) is 97.8 cm³/mol. The van der Waals surface area contributed by atoms with Gasteiger partial charge < -0.3 is 4.42 Å². The Morgan fingerprint density at radius 1 is 1.20 bits per heavy atom. The fourth-order valence-corrected chi connectivity index (χ4v) is 4.13. The van der Waals surface area contributed by atoms with Gasteiger partial charge in [-0.3, -0.25) is 9.80 Å². The summed E-state index contributed by atoms with van der Waals surface area (Å²) in [6.45, 7) is 7.11. The molecule has 1 fully saturated rings. The monoisotopic (exact) mass is 377 g/mol. The number of hydrogen-bond acceptors (Lipinski definition) is 8. The number of nitrogens with zero attached hydrogens (tertiary/aromatic N) is 5. The second kappa shape index (κ2) is 7.20. The summed E-state index contributed by atoms with van der Waals surface area (Å²) in [6.07, 6.45) is 0. The molecule has 0 atom stereocenters. The summed E-state index contributed by atoms with van der Waals surface area (Å²) in [7, 11) is 0. The van der Waals surface area contributed by atoms with Crippen molar-refractivity contribution < 1.29 is 4.42 Å². The minimum atomic E-state index is -0.399. The van der Waals surface area contributed by atoms with E-state index in [0.29, 0.717) is 12.6 Å². The highest BCUT2D eigenvalue weighted by molar-refractivity contribution is 7.13. The standard InChI is InChI=1S/C16H19N5O2S2/c1-12-17-13(10-25-12)9-19-4-6-20(7-5-19)11-21-16(22)23-15(18-21)14-3-2-8-24-14/h2-3,8,10H,4-7,9,11H2,1H3. The molecule has 1 aliphatic rings. The highest BCUT2D eigenvalue weighted by Crippen LogP contribution is 2.21. The fraction of sp³-hybridized carbons (Fsp3) is 0.438. The van der Waals surface area contributed by atoms with Crippen LogP contribution in [0.3, 0.4) is 0 Å². The van der Waals surface area contributed by atoms with Gasteiger partial charge in [0.25, 0.3) is 5.89 Å². The van der Waals surface area contributed by atoms with Crippen LogP contribution < -0.4 is 5.76 Å². The van der Waals surface area contributed by atoms with Crippen LogP contribution >= 0.6 is 22.7 Å². The van der Waals surface area contributed by atoms with Gasteiger partial charge in [0.1, 0.15) is 6.67 Å². The van der Waals surface area contributed by atoms with Crippen LogP contribution in [0.25, 0.3) is 10.8 Å². The van der Waals surface area contributed by atoms with E-state index in [1.165, 1.54) is 16.0 Å². The van der Waals surface area contributed by atoms with Crippen molar-refractivity contribution >= 4 is 22.7 Å². The molecule has 9 heteroatoms. The molecule has 0 N–H and O–H groups in total. The topological polar surface area (TPSA) is 67.4 Å². The summed E-state index contributed by atoms with van der Waals surface area (Å²) in [5.41, 5.74) is 1.14. The van der Waals surface area contributed by atoms with Crippen molar-refractivity contribution in [3.05, 3.63) is 44.1 Å². The summed E-state index contributed by atoms with van der Waals surface area (Å²) in [6, 6.07) is 3.82. The van der Waals surface area contributed by atoms with E-state index in [1.807, 2.05) is 24.4 Å². The number of aryl methyl sites for hydroxylation is 1. The highest BCUT2D eigenvalue weighted by Gasteiger charge is 2.20. The highest BCUT2D eigenvalue weighted by atomic mass is 32.1. The molecular weight excluding hydrogens is 358 g/mol. The number of thiazole rings is 1. The molecule has 0 aromatic carbocycles. The molecule has 1 aliphatic heterocycles. The summed E-state index contributed by atoms with van der Waals surface area (Å²) in [5, 5.41) is 9.50. The Bertz CT molecular complexity index is 875. The lowest BCUT2D eigenvalue weighted by molar-refractivity contribution is 0.0957. The number of thiophene rings is 1. The normalized spacial score (nSPS) is 16.5. The average Bonchev–Trinajstić information content (AvgIpc) is 3.32. The van der Waals surface area contributed by atoms with Crippen molar-refractivity contribution in [1.29, 1.82) is 0 Å². The lowest BCUT2D eigenvalue weighted by Gasteiger charge is -2.33. The first-order valence-electron chi connectivity index (χ1n) is 8.15. The molecule has 4 heterocycles. The van der Waals surface area contributed by atoms with Crippen molar-refractivity contribution in [3.8, 4) is 10.8 Å². The largest absolute Gasteiger partial charge is 0.438 e. The smallest absolute Gasteiger partial charge is 0.387 e. The van der Waals surface area contributed by atoms with Gasteiger partial charge in [-0.25, -0.2) is 9.78 Å². The molecule has 0 aliphatic carbocycles. The molecule has 4 rings (SSSR count). The molecule has 3 aromatic rings. The van der Waals surface area contributed by atoms with E-state index in [9.17, 15) is 4.79 Å². The van der Waals surface area contributed by atoms with Gasteiger partial charge in [0.15, 0.2) is 0 Å². The van der Waals surface area contributed by atoms with E-state index in [4.69, 9.17) is 4.42 Å². The Labute approximate surface area is 153 Å². The van der Waals surface area contributed by atoms with Crippen LogP contribution in [0, 0.1) is 6.92 Å². The van der Waals surface area contributed by atoms with Crippen LogP contribution in [0.1, 0.15) is 10.7 Å². The van der Waals surface area contributed by atoms with Crippen LogP contribution in [0.2, 0.25) is 0 Å². The molecule has 1 saturated heterocycles. The maximum Gasteiger partial charge on any atom is 0.438 e. The second-order valence-corrected chi connectivity index (χ2v) is 8.05. The first-order chi connectivity index (χ1) is 12.2. The van der Waals surface area contributed by atoms with E-state index in [-0.39, 0.29) is 0 Å². The Kier molecular flexibility index (Phi) is 4.80. The van der Waals surface area contributed by atoms with Crippen molar-refractivity contribution in [1.82, 2.24) is 24.6 Å². The van der Waals surface area contributed by atoms with E-state index in [2.05, 4.69) is 25.3 Å². The van der Waals surface area contributed by atoms with Crippen LogP contribution in [0.4, 0.5) is 0 Å². The van der Waals surface area contributed by atoms with E-state index in [0.717, 1.165) is 48.3 Å². The molecule has 132 valence electrons. The first kappa shape index (κ1) is 16.6. The van der Waals surface area contributed by atoms with Crippen molar-refractivity contribution in [2.24, 2.45) is 0 Å². The zero-order valence-corrected chi connectivity index (χ0v) is 15.6. The maximum atomic E-state index is 12.0. The SMILES string of the molecule is Cc1nc(CN2CCN(Cn3nc(-c4cccs4)oc3=O)CC2)cs1. The van der Waals surface area contributed by atoms with Gasteiger partial charge in [0.2, 0.25) is 0 Å². The van der Waals surface area contributed by atoms with Crippen LogP contribution in [0.15, 0.2) is 32.1 Å². The Morgan fingerprint density at radius 2 is 2.00 bits per heavy atom. The number of aromatic nitrogens is 3. The zero-order chi connectivity index (χ0) is 17.2. The number of hydrogen-bond donors (Lipinski definition) is 0. The Morgan fingerprint density at radius 3 is 2.68 bits per heavy atom. The lowest BCUT2D eigenvalue weighted by Crippen LogP contribution is -2.47. The van der Waals surface area contributed by atoms with Gasteiger partial charge in [-0.1, -0.05) is 6.07 Å². The minimum Gasteiger partial charge on any atom is -0.387 e. The molecule has 0 radical (unpaired) electrons.